The Labute approximate surface area is 116 Å². The number of carbonyl (C=O) groups excluding carboxylic acids is 2. The van der Waals surface area contributed by atoms with Gasteiger partial charge in [0, 0.05) is 5.56 Å². The third-order valence-electron chi connectivity index (χ3n) is 2.78. The highest BCUT2D eigenvalue weighted by molar-refractivity contribution is 6.40. The summed E-state index contributed by atoms with van der Waals surface area (Å²) >= 11 is 0. The van der Waals surface area contributed by atoms with Crippen LogP contribution in [-0.4, -0.2) is 31.6 Å². The van der Waals surface area contributed by atoms with Gasteiger partial charge in [-0.2, -0.15) is 0 Å². The second kappa shape index (κ2) is 6.97. The minimum absolute atomic E-state index is 0.0739. The molecule has 0 aliphatic heterocycles. The Morgan fingerprint density at radius 1 is 1.50 bits per heavy atom. The molecular formula is C13H18FN3O3. The van der Waals surface area contributed by atoms with Crippen molar-refractivity contribution in [2.24, 2.45) is 5.84 Å². The van der Waals surface area contributed by atoms with E-state index in [0.29, 0.717) is 0 Å². The van der Waals surface area contributed by atoms with Crippen LogP contribution in [0.2, 0.25) is 0 Å². The molecule has 3 N–H and O–H groups in total. The van der Waals surface area contributed by atoms with Gasteiger partial charge in [-0.25, -0.2) is 15.0 Å². The number of nitrogens with zero attached hydrogens (tertiary/aromatic N) is 1. The molecule has 0 heterocycles. The zero-order valence-electron chi connectivity index (χ0n) is 11.6. The second-order valence-corrected chi connectivity index (χ2v) is 4.09. The average Bonchev–Trinajstić information content (AvgIpc) is 2.45. The van der Waals surface area contributed by atoms with Crippen molar-refractivity contribution in [3.8, 4) is 0 Å². The van der Waals surface area contributed by atoms with Gasteiger partial charge in [-0.3, -0.25) is 15.1 Å². The van der Waals surface area contributed by atoms with E-state index in [9.17, 15) is 14.0 Å². The fraction of sp³-hybridized carbons (Fsp3) is 0.385. The number of nitrogens with one attached hydrogen (secondary N) is 1. The van der Waals surface area contributed by atoms with Crippen molar-refractivity contribution in [2.75, 3.05) is 18.7 Å². The lowest BCUT2D eigenvalue weighted by atomic mass is 10.1. The topological polar surface area (TPSA) is 84.7 Å². The van der Waals surface area contributed by atoms with Gasteiger partial charge in [-0.05, 0) is 39.1 Å². The number of halogens is 1. The summed E-state index contributed by atoms with van der Waals surface area (Å²) in [5.74, 6) is 3.15. The number of hydrogen-bond donors (Lipinski definition) is 2. The molecule has 0 bridgehead atoms. The summed E-state index contributed by atoms with van der Waals surface area (Å²) < 4.78 is 18.5. The lowest BCUT2D eigenvalue weighted by Gasteiger charge is -2.26. The summed E-state index contributed by atoms with van der Waals surface area (Å²) in [7, 11) is 1.68. The van der Waals surface area contributed by atoms with Crippen LogP contribution in [0, 0.1) is 5.82 Å². The van der Waals surface area contributed by atoms with Gasteiger partial charge in [0.25, 0.3) is 5.78 Å². The minimum Gasteiger partial charge on any atom is -0.460 e. The molecule has 0 radical (unpaired) electrons. The van der Waals surface area contributed by atoms with Crippen LogP contribution in [0.25, 0.3) is 0 Å². The van der Waals surface area contributed by atoms with Crippen LogP contribution in [0.4, 0.5) is 10.1 Å². The van der Waals surface area contributed by atoms with E-state index in [-0.39, 0.29) is 24.0 Å². The minimum atomic E-state index is -1.01. The maximum atomic E-state index is 14.0. The Balaban J connectivity index is 2.99. The summed E-state index contributed by atoms with van der Waals surface area (Å²) in [6.07, 6.45) is -0.295. The van der Waals surface area contributed by atoms with Crippen LogP contribution in [-0.2, 0) is 9.53 Å². The standard InChI is InChI=1S/C13H18FN3O3/c1-4-20-13(19)12(18)9-5-6-11(10(14)7-9)17(15)8(2)16-3/h5-8,16H,4,15H2,1-3H3. The molecule has 1 aromatic carbocycles. The molecule has 20 heavy (non-hydrogen) atoms. The van der Waals surface area contributed by atoms with E-state index in [2.05, 4.69) is 10.1 Å². The Morgan fingerprint density at radius 3 is 2.65 bits per heavy atom. The van der Waals surface area contributed by atoms with Crippen LogP contribution in [0.5, 0.6) is 0 Å². The van der Waals surface area contributed by atoms with Crippen molar-refractivity contribution in [3.05, 3.63) is 29.6 Å². The molecule has 0 spiro atoms. The van der Waals surface area contributed by atoms with E-state index in [4.69, 9.17) is 5.84 Å². The Bertz CT molecular complexity index is 508. The van der Waals surface area contributed by atoms with Crippen molar-refractivity contribution in [2.45, 2.75) is 20.0 Å². The van der Waals surface area contributed by atoms with Crippen molar-refractivity contribution < 1.29 is 18.7 Å². The number of ketones is 1. The largest absolute Gasteiger partial charge is 0.460 e. The van der Waals surface area contributed by atoms with E-state index in [1.165, 1.54) is 17.1 Å². The number of carbonyl (C=O) groups is 2. The molecule has 0 aliphatic rings. The third kappa shape index (κ3) is 3.52. The highest BCUT2D eigenvalue weighted by atomic mass is 19.1. The summed E-state index contributed by atoms with van der Waals surface area (Å²) in [6, 6.07) is 3.65. The molecule has 7 heteroatoms. The van der Waals surface area contributed by atoms with Crippen molar-refractivity contribution >= 4 is 17.4 Å². The number of ether oxygens (including phenoxy) is 1. The summed E-state index contributed by atoms with van der Waals surface area (Å²) in [5, 5.41) is 4.04. The molecule has 0 amide bonds. The maximum absolute atomic E-state index is 14.0. The van der Waals surface area contributed by atoms with E-state index in [1.54, 1.807) is 20.9 Å². The van der Waals surface area contributed by atoms with Crippen LogP contribution < -0.4 is 16.2 Å². The van der Waals surface area contributed by atoms with Gasteiger partial charge in [0.15, 0.2) is 0 Å². The highest BCUT2D eigenvalue weighted by Gasteiger charge is 2.20. The summed E-state index contributed by atoms with van der Waals surface area (Å²) in [6.45, 7) is 3.42. The van der Waals surface area contributed by atoms with E-state index >= 15 is 0 Å². The zero-order valence-corrected chi connectivity index (χ0v) is 11.6. The van der Waals surface area contributed by atoms with Crippen LogP contribution >= 0.6 is 0 Å². The highest BCUT2D eigenvalue weighted by Crippen LogP contribution is 2.20. The fourth-order valence-electron chi connectivity index (χ4n) is 1.52. The lowest BCUT2D eigenvalue weighted by molar-refractivity contribution is -0.137. The van der Waals surface area contributed by atoms with Crippen LogP contribution in [0.1, 0.15) is 24.2 Å². The van der Waals surface area contributed by atoms with Gasteiger partial charge in [0.2, 0.25) is 0 Å². The first-order chi connectivity index (χ1) is 9.42. The number of benzene rings is 1. The van der Waals surface area contributed by atoms with Crippen LogP contribution in [0.15, 0.2) is 18.2 Å². The number of Topliss-reactive ketones (excluding diaryl/α,β-unsaturated/α-hetero) is 1. The molecule has 0 saturated carbocycles. The first kappa shape index (κ1) is 16.1. The average molecular weight is 283 g/mol. The van der Waals surface area contributed by atoms with Gasteiger partial charge >= 0.3 is 5.97 Å². The Hall–Kier alpha value is -1.99. The molecular weight excluding hydrogens is 265 g/mol. The van der Waals surface area contributed by atoms with E-state index < -0.39 is 17.6 Å². The fourth-order valence-corrected chi connectivity index (χ4v) is 1.52. The summed E-state index contributed by atoms with van der Waals surface area (Å²) in [4.78, 5) is 22.9. The first-order valence-electron chi connectivity index (χ1n) is 6.14. The molecule has 0 aliphatic carbocycles. The van der Waals surface area contributed by atoms with Crippen LogP contribution in [0.3, 0.4) is 0 Å². The van der Waals surface area contributed by atoms with E-state index in [1.807, 2.05) is 0 Å². The van der Waals surface area contributed by atoms with E-state index in [0.717, 1.165) is 6.07 Å². The van der Waals surface area contributed by atoms with Crippen molar-refractivity contribution in [3.63, 3.8) is 0 Å². The van der Waals surface area contributed by atoms with Crippen molar-refractivity contribution in [1.82, 2.24) is 5.32 Å². The molecule has 0 saturated heterocycles. The first-order valence-corrected chi connectivity index (χ1v) is 6.14. The Kier molecular flexibility index (Phi) is 5.60. The molecule has 1 unspecified atom stereocenters. The van der Waals surface area contributed by atoms with Crippen molar-refractivity contribution in [1.29, 1.82) is 0 Å². The normalized spacial score (nSPS) is 11.8. The number of hydrogen-bond acceptors (Lipinski definition) is 6. The number of hydrazine groups is 1. The molecule has 1 rings (SSSR count). The Morgan fingerprint density at radius 2 is 2.15 bits per heavy atom. The van der Waals surface area contributed by atoms with Gasteiger partial charge in [0.05, 0.1) is 18.5 Å². The van der Waals surface area contributed by atoms with Gasteiger partial charge < -0.3 is 4.74 Å². The molecule has 1 atom stereocenters. The number of anilines is 1. The molecule has 6 nitrogen and oxygen atoms in total. The molecule has 110 valence electrons. The number of esters is 1. The molecule has 0 aromatic heterocycles. The zero-order chi connectivity index (χ0) is 15.3. The smallest absolute Gasteiger partial charge is 0.379 e. The SMILES string of the molecule is CCOC(=O)C(=O)c1ccc(N(N)C(C)NC)c(F)c1. The van der Waals surface area contributed by atoms with Gasteiger partial charge in [0.1, 0.15) is 5.82 Å². The van der Waals surface area contributed by atoms with Gasteiger partial charge in [-0.15, -0.1) is 0 Å². The second-order valence-electron chi connectivity index (χ2n) is 4.09. The quantitative estimate of drug-likeness (QED) is 0.201. The monoisotopic (exact) mass is 283 g/mol. The lowest BCUT2D eigenvalue weighted by Crippen LogP contribution is -2.47. The van der Waals surface area contributed by atoms with Gasteiger partial charge in [-0.1, -0.05) is 0 Å². The maximum Gasteiger partial charge on any atom is 0.379 e. The third-order valence-corrected chi connectivity index (χ3v) is 2.78. The number of nitrogens with two attached hydrogens (primary N) is 1. The predicted molar refractivity (Wildman–Crippen MR) is 72.6 cm³/mol. The molecule has 0 fully saturated rings. The molecule has 1 aromatic rings. The predicted octanol–water partition coefficient (Wildman–Crippen LogP) is 0.817. The summed E-state index contributed by atoms with van der Waals surface area (Å²) in [5.41, 5.74) is 0.0440. The number of rotatable bonds is 6.